The first-order valence-corrected chi connectivity index (χ1v) is 26.0. The van der Waals surface area contributed by atoms with Gasteiger partial charge in [-0.05, 0) is 183 Å². The Bertz CT molecular complexity index is 3730. The molecule has 0 aliphatic carbocycles. The Morgan fingerprint density at radius 2 is 0.500 bits per heavy atom. The molecule has 0 spiro atoms. The molecule has 0 atom stereocenters. The van der Waals surface area contributed by atoms with E-state index in [1.54, 1.807) is 0 Å². The number of nitrogens with zero attached hydrogens (tertiary/aromatic N) is 2. The summed E-state index contributed by atoms with van der Waals surface area (Å²) < 4.78 is 4.92. The first-order chi connectivity index (χ1) is 34.2. The fraction of sp³-hybridized carbons (Fsp3) is 0.229. The van der Waals surface area contributed by atoms with Gasteiger partial charge in [0.25, 0.3) is 0 Å². The van der Waals surface area contributed by atoms with Gasteiger partial charge in [0.15, 0.2) is 0 Å². The van der Waals surface area contributed by atoms with E-state index in [1.807, 2.05) is 0 Å². The summed E-state index contributed by atoms with van der Waals surface area (Å²) in [5.74, 6) is 0. The Kier molecular flexibility index (Phi) is 10.2. The number of fused-ring (bicyclic) bond motifs is 11. The molecule has 0 N–H and O–H groups in total. The molecule has 12 rings (SSSR count). The van der Waals surface area contributed by atoms with Gasteiger partial charge in [-0.25, -0.2) is 0 Å². The SMILES string of the molecule is CC(C)(C)c1ccc2c(c1)c1cc(C(C)(C)C)ccc1n2-c1ccc(-c2cc3c4ccccc4c(-c4ccc(-n5c6ccc(C(C)(C)C)cc6c6cc(C(C)(C)C)ccc65)cc4)cc3c3ccccc23)cc1. The van der Waals surface area contributed by atoms with Gasteiger partial charge in [-0.3, -0.25) is 0 Å². The van der Waals surface area contributed by atoms with Crippen LogP contribution in [0.5, 0.6) is 0 Å². The van der Waals surface area contributed by atoms with Crippen LogP contribution < -0.4 is 0 Å². The molecule has 2 aromatic heterocycles. The molecular formula is C70H66N2. The highest BCUT2D eigenvalue weighted by Gasteiger charge is 2.24. The molecule has 2 heteroatoms. The minimum atomic E-state index is 0.0527. The lowest BCUT2D eigenvalue weighted by Gasteiger charge is -2.19. The summed E-state index contributed by atoms with van der Waals surface area (Å²) >= 11 is 0. The minimum absolute atomic E-state index is 0.0527. The molecule has 12 aromatic rings. The van der Waals surface area contributed by atoms with Gasteiger partial charge in [0.1, 0.15) is 0 Å². The topological polar surface area (TPSA) is 9.86 Å². The largest absolute Gasteiger partial charge is 0.309 e. The summed E-state index contributed by atoms with van der Waals surface area (Å²) in [6.07, 6.45) is 0. The first-order valence-electron chi connectivity index (χ1n) is 26.0. The highest BCUT2D eigenvalue weighted by Crippen LogP contribution is 2.44. The number of hydrogen-bond donors (Lipinski definition) is 0. The van der Waals surface area contributed by atoms with Crippen LogP contribution in [-0.4, -0.2) is 9.13 Å². The number of benzene rings is 10. The maximum atomic E-state index is 2.46. The quantitative estimate of drug-likeness (QED) is 0.156. The highest BCUT2D eigenvalue weighted by molar-refractivity contribution is 6.24. The fourth-order valence-corrected chi connectivity index (χ4v) is 11.5. The number of hydrogen-bond acceptors (Lipinski definition) is 0. The summed E-state index contributed by atoms with van der Waals surface area (Å²) in [5, 5.41) is 12.8. The zero-order valence-electron chi connectivity index (χ0n) is 44.2. The zero-order valence-corrected chi connectivity index (χ0v) is 44.2. The smallest absolute Gasteiger partial charge is 0.0541 e. The maximum absolute atomic E-state index is 2.46. The third-order valence-electron chi connectivity index (χ3n) is 15.7. The van der Waals surface area contributed by atoms with Gasteiger partial charge in [-0.15, -0.1) is 0 Å². The van der Waals surface area contributed by atoms with Crippen molar-refractivity contribution in [2.75, 3.05) is 0 Å². The van der Waals surface area contributed by atoms with Crippen LogP contribution in [0.15, 0.2) is 182 Å². The molecule has 356 valence electrons. The molecule has 0 saturated carbocycles. The van der Waals surface area contributed by atoms with Gasteiger partial charge in [0.05, 0.1) is 22.1 Å². The molecule has 0 aliphatic heterocycles. The van der Waals surface area contributed by atoms with Crippen molar-refractivity contribution in [3.05, 3.63) is 204 Å². The molecule has 72 heavy (non-hydrogen) atoms. The molecule has 0 bridgehead atoms. The van der Waals surface area contributed by atoms with Crippen molar-refractivity contribution in [1.82, 2.24) is 9.13 Å². The number of aromatic nitrogens is 2. The summed E-state index contributed by atoms with van der Waals surface area (Å²) in [6.45, 7) is 27.7. The molecule has 0 amide bonds. The molecule has 0 radical (unpaired) electrons. The lowest BCUT2D eigenvalue weighted by atomic mass is 9.85. The van der Waals surface area contributed by atoms with Crippen LogP contribution in [0.2, 0.25) is 0 Å². The molecule has 0 fully saturated rings. The Morgan fingerprint density at radius 3 is 0.764 bits per heavy atom. The van der Waals surface area contributed by atoms with Crippen LogP contribution in [0.25, 0.3) is 110 Å². The van der Waals surface area contributed by atoms with Crippen molar-refractivity contribution >= 4 is 75.9 Å². The number of rotatable bonds is 4. The van der Waals surface area contributed by atoms with Crippen molar-refractivity contribution < 1.29 is 0 Å². The van der Waals surface area contributed by atoms with E-state index in [4.69, 9.17) is 0 Å². The van der Waals surface area contributed by atoms with E-state index in [0.29, 0.717) is 0 Å². The maximum Gasteiger partial charge on any atom is 0.0541 e. The van der Waals surface area contributed by atoms with Crippen molar-refractivity contribution in [1.29, 1.82) is 0 Å². The fourth-order valence-electron chi connectivity index (χ4n) is 11.5. The Balaban J connectivity index is 0.973. The standard InChI is InChI=1S/C70H66N2/c1-67(2,3)45-25-33-63-59(37-45)60-38-46(68(4,5)6)26-34-64(60)71(63)49-29-21-43(22-30-49)55-41-57-54-20-16-14-18-52(54)56(42-58(57)53-19-15-13-17-51(53)55)44-23-31-50(32-24-44)72-65-35-27-47(69(7,8)9)39-61(65)62-40-48(70(10,11)12)28-36-66(62)72/h13-42H,1-12H3. The highest BCUT2D eigenvalue weighted by atomic mass is 15.0. The summed E-state index contributed by atoms with van der Waals surface area (Å²) in [4.78, 5) is 0. The summed E-state index contributed by atoms with van der Waals surface area (Å²) in [7, 11) is 0. The Morgan fingerprint density at radius 1 is 0.236 bits per heavy atom. The van der Waals surface area contributed by atoms with E-state index in [-0.39, 0.29) is 21.7 Å². The predicted molar refractivity (Wildman–Crippen MR) is 313 cm³/mol. The molecule has 2 heterocycles. The van der Waals surface area contributed by atoms with Gasteiger partial charge in [0, 0.05) is 32.9 Å². The van der Waals surface area contributed by atoms with Crippen LogP contribution in [0.1, 0.15) is 105 Å². The van der Waals surface area contributed by atoms with E-state index < -0.39 is 0 Å². The lowest BCUT2D eigenvalue weighted by Crippen LogP contribution is -2.10. The molecule has 0 unspecified atom stereocenters. The van der Waals surface area contributed by atoms with Crippen LogP contribution >= 0.6 is 0 Å². The van der Waals surface area contributed by atoms with Crippen molar-refractivity contribution in [2.24, 2.45) is 0 Å². The monoisotopic (exact) mass is 935 g/mol. The molecular weight excluding hydrogens is 869 g/mol. The van der Waals surface area contributed by atoms with Crippen molar-refractivity contribution in [3.63, 3.8) is 0 Å². The second-order valence-electron chi connectivity index (χ2n) is 24.7. The first kappa shape index (κ1) is 45.7. The second kappa shape index (κ2) is 16.0. The normalized spacial score (nSPS) is 13.0. The summed E-state index contributed by atoms with van der Waals surface area (Å²) in [6, 6.07) is 69.8. The zero-order chi connectivity index (χ0) is 50.2. The minimum Gasteiger partial charge on any atom is -0.309 e. The summed E-state index contributed by atoms with van der Waals surface area (Å²) in [5.41, 5.74) is 17.8. The van der Waals surface area contributed by atoms with E-state index in [1.165, 1.54) is 132 Å². The average molecular weight is 935 g/mol. The van der Waals surface area contributed by atoms with E-state index >= 15 is 0 Å². The van der Waals surface area contributed by atoms with E-state index in [2.05, 4.69) is 274 Å². The van der Waals surface area contributed by atoms with E-state index in [0.717, 1.165) is 0 Å². The predicted octanol–water partition coefficient (Wildman–Crippen LogP) is 19.9. The van der Waals surface area contributed by atoms with Crippen LogP contribution in [-0.2, 0) is 21.7 Å². The van der Waals surface area contributed by atoms with Gasteiger partial charge in [-0.1, -0.05) is 180 Å². The van der Waals surface area contributed by atoms with E-state index in [9.17, 15) is 0 Å². The van der Waals surface area contributed by atoms with Crippen LogP contribution in [0.3, 0.4) is 0 Å². The molecule has 0 saturated heterocycles. The van der Waals surface area contributed by atoms with Crippen molar-refractivity contribution in [2.45, 2.75) is 105 Å². The second-order valence-corrected chi connectivity index (χ2v) is 24.7. The third kappa shape index (κ3) is 7.44. The molecule has 2 nitrogen and oxygen atoms in total. The van der Waals surface area contributed by atoms with Crippen molar-refractivity contribution in [3.8, 4) is 33.6 Å². The Hall–Kier alpha value is -7.42. The van der Waals surface area contributed by atoms with Gasteiger partial charge < -0.3 is 9.13 Å². The van der Waals surface area contributed by atoms with Gasteiger partial charge in [-0.2, -0.15) is 0 Å². The van der Waals surface area contributed by atoms with Gasteiger partial charge in [0.2, 0.25) is 0 Å². The molecule has 10 aromatic carbocycles. The molecule has 0 aliphatic rings. The van der Waals surface area contributed by atoms with Gasteiger partial charge >= 0.3 is 0 Å². The van der Waals surface area contributed by atoms with Crippen LogP contribution in [0.4, 0.5) is 0 Å². The Labute approximate surface area is 425 Å². The lowest BCUT2D eigenvalue weighted by molar-refractivity contribution is 0.590. The third-order valence-corrected chi connectivity index (χ3v) is 15.7. The van der Waals surface area contributed by atoms with Crippen LogP contribution in [0, 0.1) is 0 Å². The average Bonchev–Trinajstić information content (AvgIpc) is 3.86.